The molecule has 0 saturated carbocycles. The van der Waals surface area contributed by atoms with E-state index < -0.39 is 6.04 Å². The maximum atomic E-state index is 12.9. The van der Waals surface area contributed by atoms with Crippen molar-refractivity contribution in [2.75, 3.05) is 13.1 Å². The molecule has 0 aromatic heterocycles. The minimum Gasteiger partial charge on any atom is -0.341 e. The average Bonchev–Trinajstić information content (AvgIpc) is 3.16. The Morgan fingerprint density at radius 3 is 2.32 bits per heavy atom. The molecule has 130 valence electrons. The molecule has 2 aromatic rings. The molecule has 2 aromatic carbocycles. The molecule has 0 aliphatic carbocycles. The van der Waals surface area contributed by atoms with Gasteiger partial charge in [-0.3, -0.25) is 9.59 Å². The van der Waals surface area contributed by atoms with Crippen LogP contribution in [0.1, 0.15) is 34.3 Å². The van der Waals surface area contributed by atoms with Gasteiger partial charge in [-0.2, -0.15) is 0 Å². The topological polar surface area (TPSA) is 49.4 Å². The molecular weight excluding hydrogens is 312 g/mol. The molecule has 0 radical (unpaired) electrons. The van der Waals surface area contributed by atoms with E-state index in [2.05, 4.69) is 5.32 Å². The van der Waals surface area contributed by atoms with E-state index in [1.807, 2.05) is 60.4 Å². The number of amides is 2. The second kappa shape index (κ2) is 7.97. The molecule has 25 heavy (non-hydrogen) atoms. The van der Waals surface area contributed by atoms with Crippen LogP contribution in [-0.4, -0.2) is 35.8 Å². The van der Waals surface area contributed by atoms with Crippen LogP contribution in [0.2, 0.25) is 0 Å². The highest BCUT2D eigenvalue weighted by atomic mass is 16.2. The van der Waals surface area contributed by atoms with Crippen LogP contribution in [-0.2, 0) is 11.2 Å². The van der Waals surface area contributed by atoms with Gasteiger partial charge in [-0.15, -0.1) is 0 Å². The van der Waals surface area contributed by atoms with Crippen LogP contribution in [0, 0.1) is 6.92 Å². The molecule has 1 aliphatic rings. The van der Waals surface area contributed by atoms with Gasteiger partial charge in [-0.1, -0.05) is 48.5 Å². The van der Waals surface area contributed by atoms with Crippen LogP contribution in [0.15, 0.2) is 54.6 Å². The van der Waals surface area contributed by atoms with E-state index in [4.69, 9.17) is 0 Å². The molecule has 1 aliphatic heterocycles. The van der Waals surface area contributed by atoms with E-state index in [0.717, 1.165) is 37.1 Å². The number of aryl methyl sites for hydroxylation is 1. The zero-order valence-corrected chi connectivity index (χ0v) is 14.6. The summed E-state index contributed by atoms with van der Waals surface area (Å²) in [5, 5.41) is 2.97. The molecule has 1 heterocycles. The van der Waals surface area contributed by atoms with Gasteiger partial charge in [0.1, 0.15) is 6.04 Å². The molecule has 0 spiro atoms. The van der Waals surface area contributed by atoms with Crippen molar-refractivity contribution in [1.82, 2.24) is 10.2 Å². The average molecular weight is 336 g/mol. The number of hydrogen-bond acceptors (Lipinski definition) is 2. The minimum absolute atomic E-state index is 0.0169. The fourth-order valence-corrected chi connectivity index (χ4v) is 3.27. The predicted molar refractivity (Wildman–Crippen MR) is 98.4 cm³/mol. The smallest absolute Gasteiger partial charge is 0.252 e. The molecule has 1 atom stereocenters. The fraction of sp³-hybridized carbons (Fsp3) is 0.333. The lowest BCUT2D eigenvalue weighted by Gasteiger charge is -2.24. The van der Waals surface area contributed by atoms with Crippen LogP contribution < -0.4 is 5.32 Å². The van der Waals surface area contributed by atoms with Crippen molar-refractivity contribution in [2.24, 2.45) is 0 Å². The number of benzene rings is 2. The standard InChI is InChI=1S/C21H24N2O2/c1-16-9-5-6-12-18(16)20(24)22-19(15-17-10-3-2-4-11-17)21(25)23-13-7-8-14-23/h2-6,9-12,19H,7-8,13-15H2,1H3,(H,22,24)/t19-/m0/s1. The van der Waals surface area contributed by atoms with Gasteiger partial charge in [0.2, 0.25) is 5.91 Å². The van der Waals surface area contributed by atoms with Gasteiger partial charge in [0.25, 0.3) is 5.91 Å². The predicted octanol–water partition coefficient (Wildman–Crippen LogP) is 2.96. The number of carbonyl (C=O) groups excluding carboxylic acids is 2. The molecule has 2 amide bonds. The fourth-order valence-electron chi connectivity index (χ4n) is 3.27. The Hall–Kier alpha value is -2.62. The molecule has 0 unspecified atom stereocenters. The number of likely N-dealkylation sites (tertiary alicyclic amines) is 1. The lowest BCUT2D eigenvalue weighted by atomic mass is 10.0. The van der Waals surface area contributed by atoms with Crippen molar-refractivity contribution in [2.45, 2.75) is 32.2 Å². The van der Waals surface area contributed by atoms with Gasteiger partial charge < -0.3 is 10.2 Å². The highest BCUT2D eigenvalue weighted by molar-refractivity contribution is 5.98. The molecule has 1 N–H and O–H groups in total. The van der Waals surface area contributed by atoms with Crippen molar-refractivity contribution < 1.29 is 9.59 Å². The lowest BCUT2D eigenvalue weighted by molar-refractivity contribution is -0.132. The van der Waals surface area contributed by atoms with Gasteiger partial charge in [0, 0.05) is 25.1 Å². The summed E-state index contributed by atoms with van der Waals surface area (Å²) in [6.45, 7) is 3.47. The second-order valence-electron chi connectivity index (χ2n) is 6.56. The van der Waals surface area contributed by atoms with Crippen LogP contribution in [0.5, 0.6) is 0 Å². The van der Waals surface area contributed by atoms with E-state index in [1.165, 1.54) is 0 Å². The third-order valence-electron chi connectivity index (χ3n) is 4.69. The summed E-state index contributed by atoms with van der Waals surface area (Å²) in [5.41, 5.74) is 2.58. The van der Waals surface area contributed by atoms with Crippen LogP contribution in [0.3, 0.4) is 0 Å². The number of hydrogen-bond donors (Lipinski definition) is 1. The lowest BCUT2D eigenvalue weighted by Crippen LogP contribution is -2.49. The summed E-state index contributed by atoms with van der Waals surface area (Å²) in [6, 6.07) is 16.8. The molecule has 0 bridgehead atoms. The molecular formula is C21H24N2O2. The first-order valence-corrected chi connectivity index (χ1v) is 8.84. The van der Waals surface area contributed by atoms with Gasteiger partial charge in [0.15, 0.2) is 0 Å². The van der Waals surface area contributed by atoms with E-state index in [9.17, 15) is 9.59 Å². The third kappa shape index (κ3) is 4.27. The Labute approximate surface area is 148 Å². The summed E-state index contributed by atoms with van der Waals surface area (Å²) in [4.78, 5) is 27.5. The van der Waals surface area contributed by atoms with E-state index in [0.29, 0.717) is 12.0 Å². The van der Waals surface area contributed by atoms with Crippen LogP contribution in [0.25, 0.3) is 0 Å². The number of carbonyl (C=O) groups is 2. The summed E-state index contributed by atoms with van der Waals surface area (Å²) < 4.78 is 0. The summed E-state index contributed by atoms with van der Waals surface area (Å²) in [5.74, 6) is -0.171. The SMILES string of the molecule is Cc1ccccc1C(=O)N[C@@H](Cc1ccccc1)C(=O)N1CCCC1. The first kappa shape index (κ1) is 17.2. The van der Waals surface area contributed by atoms with E-state index in [1.54, 1.807) is 6.07 Å². The Bertz CT molecular complexity index is 737. The normalized spacial score (nSPS) is 15.0. The first-order valence-electron chi connectivity index (χ1n) is 8.84. The molecule has 1 fully saturated rings. The van der Waals surface area contributed by atoms with Gasteiger partial charge in [-0.05, 0) is 37.0 Å². The maximum absolute atomic E-state index is 12.9. The maximum Gasteiger partial charge on any atom is 0.252 e. The molecule has 4 nitrogen and oxygen atoms in total. The van der Waals surface area contributed by atoms with Crippen molar-refractivity contribution in [3.05, 3.63) is 71.3 Å². The number of nitrogens with one attached hydrogen (secondary N) is 1. The Kier molecular flexibility index (Phi) is 5.49. The quantitative estimate of drug-likeness (QED) is 0.912. The first-order chi connectivity index (χ1) is 12.1. The Morgan fingerprint density at radius 1 is 1.00 bits per heavy atom. The van der Waals surface area contributed by atoms with Crippen molar-refractivity contribution in [3.63, 3.8) is 0 Å². The summed E-state index contributed by atoms with van der Waals surface area (Å²) >= 11 is 0. The summed E-state index contributed by atoms with van der Waals surface area (Å²) in [6.07, 6.45) is 2.58. The molecule has 4 heteroatoms. The van der Waals surface area contributed by atoms with Crippen molar-refractivity contribution >= 4 is 11.8 Å². The van der Waals surface area contributed by atoms with Crippen molar-refractivity contribution in [1.29, 1.82) is 0 Å². The monoisotopic (exact) mass is 336 g/mol. The number of nitrogens with zero attached hydrogens (tertiary/aromatic N) is 1. The molecule has 3 rings (SSSR count). The number of rotatable bonds is 5. The minimum atomic E-state index is -0.535. The van der Waals surface area contributed by atoms with E-state index in [-0.39, 0.29) is 11.8 Å². The highest BCUT2D eigenvalue weighted by Crippen LogP contribution is 2.14. The second-order valence-corrected chi connectivity index (χ2v) is 6.56. The van der Waals surface area contributed by atoms with E-state index >= 15 is 0 Å². The highest BCUT2D eigenvalue weighted by Gasteiger charge is 2.28. The zero-order valence-electron chi connectivity index (χ0n) is 14.6. The largest absolute Gasteiger partial charge is 0.341 e. The zero-order chi connectivity index (χ0) is 17.6. The van der Waals surface area contributed by atoms with Gasteiger partial charge in [-0.25, -0.2) is 0 Å². The van der Waals surface area contributed by atoms with Crippen molar-refractivity contribution in [3.8, 4) is 0 Å². The van der Waals surface area contributed by atoms with Crippen LogP contribution >= 0.6 is 0 Å². The Morgan fingerprint density at radius 2 is 1.64 bits per heavy atom. The third-order valence-corrected chi connectivity index (χ3v) is 4.69. The molecule has 1 saturated heterocycles. The Balaban J connectivity index is 1.79. The van der Waals surface area contributed by atoms with Gasteiger partial charge >= 0.3 is 0 Å². The van der Waals surface area contributed by atoms with Crippen LogP contribution in [0.4, 0.5) is 0 Å². The summed E-state index contributed by atoms with van der Waals surface area (Å²) in [7, 11) is 0. The van der Waals surface area contributed by atoms with Gasteiger partial charge in [0.05, 0.1) is 0 Å².